The van der Waals surface area contributed by atoms with Gasteiger partial charge in [0.2, 0.25) is 0 Å². The molecule has 0 saturated heterocycles. The number of thioether (sulfide) groups is 1. The van der Waals surface area contributed by atoms with E-state index in [9.17, 15) is 0 Å². The average Bonchev–Trinajstić information content (AvgIpc) is 2.36. The van der Waals surface area contributed by atoms with Crippen molar-refractivity contribution in [3.63, 3.8) is 0 Å². The predicted molar refractivity (Wildman–Crippen MR) is 78.9 cm³/mol. The molecule has 1 atom stereocenters. The van der Waals surface area contributed by atoms with E-state index in [0.717, 1.165) is 18.3 Å². The van der Waals surface area contributed by atoms with Crippen molar-refractivity contribution in [2.24, 2.45) is 10.4 Å². The third-order valence-electron chi connectivity index (χ3n) is 4.00. The Bertz CT molecular complexity index is 259. The Kier molecular flexibility index (Phi) is 5.80. The molecule has 1 unspecified atom stereocenters. The van der Waals surface area contributed by atoms with Crippen LogP contribution in [0.1, 0.15) is 33.6 Å². The lowest BCUT2D eigenvalue weighted by molar-refractivity contribution is 0.310. The molecular weight excluding hydrogens is 230 g/mol. The van der Waals surface area contributed by atoms with Gasteiger partial charge < -0.3 is 10.2 Å². The molecule has 1 aliphatic heterocycles. The molecule has 0 aromatic heterocycles. The van der Waals surface area contributed by atoms with Crippen LogP contribution in [0.3, 0.4) is 0 Å². The van der Waals surface area contributed by atoms with Crippen molar-refractivity contribution in [2.45, 2.75) is 39.7 Å². The Morgan fingerprint density at radius 1 is 1.41 bits per heavy atom. The second-order valence-electron chi connectivity index (χ2n) is 5.31. The number of hydrogen-bond acceptors (Lipinski definition) is 4. The van der Waals surface area contributed by atoms with E-state index in [4.69, 9.17) is 4.99 Å². The molecule has 0 aliphatic carbocycles. The van der Waals surface area contributed by atoms with Crippen LogP contribution in [0.2, 0.25) is 0 Å². The second kappa shape index (κ2) is 6.64. The molecular formula is C13H27N3S. The zero-order valence-electron chi connectivity index (χ0n) is 11.9. The first kappa shape index (κ1) is 14.8. The average molecular weight is 257 g/mol. The van der Waals surface area contributed by atoms with E-state index in [0.29, 0.717) is 11.5 Å². The molecule has 0 amide bonds. The van der Waals surface area contributed by atoms with Gasteiger partial charge in [-0.1, -0.05) is 25.6 Å². The van der Waals surface area contributed by atoms with E-state index in [1.54, 1.807) is 0 Å². The van der Waals surface area contributed by atoms with Gasteiger partial charge in [0.15, 0.2) is 5.17 Å². The zero-order chi connectivity index (χ0) is 12.9. The molecule has 0 saturated carbocycles. The van der Waals surface area contributed by atoms with Crippen LogP contribution in [0.25, 0.3) is 0 Å². The van der Waals surface area contributed by atoms with Crippen molar-refractivity contribution in [3.8, 4) is 0 Å². The Morgan fingerprint density at radius 3 is 2.47 bits per heavy atom. The van der Waals surface area contributed by atoms with E-state index < -0.39 is 0 Å². The number of amidine groups is 1. The minimum atomic E-state index is 0.447. The van der Waals surface area contributed by atoms with Crippen LogP contribution in [0.15, 0.2) is 4.99 Å². The molecule has 0 bridgehead atoms. The Hall–Kier alpha value is -0.220. The Morgan fingerprint density at radius 2 is 2.06 bits per heavy atom. The quantitative estimate of drug-likeness (QED) is 0.820. The summed E-state index contributed by atoms with van der Waals surface area (Å²) in [6, 6.07) is 0.544. The SMILES string of the molecule is CCC1(CC)CN=C(NCC(C)N(C)C)SC1. The summed E-state index contributed by atoms with van der Waals surface area (Å²) in [6.45, 7) is 8.76. The molecule has 4 heteroatoms. The highest BCUT2D eigenvalue weighted by molar-refractivity contribution is 8.13. The fourth-order valence-corrected chi connectivity index (χ4v) is 3.04. The molecule has 0 spiro atoms. The number of rotatable bonds is 5. The molecule has 1 N–H and O–H groups in total. The summed E-state index contributed by atoms with van der Waals surface area (Å²) in [7, 11) is 4.22. The van der Waals surface area contributed by atoms with Gasteiger partial charge in [0.25, 0.3) is 0 Å². The maximum absolute atomic E-state index is 4.71. The summed E-state index contributed by atoms with van der Waals surface area (Å²) < 4.78 is 0. The molecule has 1 heterocycles. The van der Waals surface area contributed by atoms with Gasteiger partial charge in [-0.25, -0.2) is 0 Å². The number of likely N-dealkylation sites (N-methyl/N-ethyl adjacent to an activating group) is 1. The van der Waals surface area contributed by atoms with Crippen LogP contribution in [0.4, 0.5) is 0 Å². The van der Waals surface area contributed by atoms with Gasteiger partial charge in [0.05, 0.1) is 0 Å². The topological polar surface area (TPSA) is 27.6 Å². The first-order valence-electron chi connectivity index (χ1n) is 6.60. The smallest absolute Gasteiger partial charge is 0.156 e. The van der Waals surface area contributed by atoms with Crippen LogP contribution in [0, 0.1) is 5.41 Å². The van der Waals surface area contributed by atoms with Gasteiger partial charge in [-0.05, 0) is 39.3 Å². The van der Waals surface area contributed by atoms with Crippen LogP contribution in [-0.2, 0) is 0 Å². The molecule has 1 rings (SSSR count). The molecule has 0 aromatic carbocycles. The third-order valence-corrected chi connectivity index (χ3v) is 5.31. The predicted octanol–water partition coefficient (Wildman–Crippen LogP) is 2.44. The lowest BCUT2D eigenvalue weighted by Crippen LogP contribution is -2.40. The summed E-state index contributed by atoms with van der Waals surface area (Å²) in [5.74, 6) is 1.21. The largest absolute Gasteiger partial charge is 0.363 e. The van der Waals surface area contributed by atoms with Gasteiger partial charge in [0, 0.05) is 24.9 Å². The maximum atomic E-state index is 4.71. The number of aliphatic imine (C=N–C) groups is 1. The van der Waals surface area contributed by atoms with Crippen molar-refractivity contribution in [1.82, 2.24) is 10.2 Å². The van der Waals surface area contributed by atoms with Crippen molar-refractivity contribution < 1.29 is 0 Å². The number of nitrogens with zero attached hydrogens (tertiary/aromatic N) is 2. The van der Waals surface area contributed by atoms with Crippen molar-refractivity contribution in [1.29, 1.82) is 0 Å². The summed E-state index contributed by atoms with van der Waals surface area (Å²) in [6.07, 6.45) is 2.47. The van der Waals surface area contributed by atoms with Gasteiger partial charge in [-0.2, -0.15) is 0 Å². The van der Waals surface area contributed by atoms with Crippen LogP contribution >= 0.6 is 11.8 Å². The fourth-order valence-electron chi connectivity index (χ4n) is 1.75. The molecule has 0 radical (unpaired) electrons. The Labute approximate surface area is 110 Å². The standard InChI is InChI=1S/C13H27N3S/c1-6-13(7-2)9-15-12(17-10-13)14-8-11(3)16(4)5/h11H,6-10H2,1-5H3,(H,14,15). The number of hydrogen-bond donors (Lipinski definition) is 1. The molecule has 17 heavy (non-hydrogen) atoms. The molecule has 0 fully saturated rings. The lowest BCUT2D eigenvalue weighted by atomic mass is 9.84. The monoisotopic (exact) mass is 257 g/mol. The molecule has 100 valence electrons. The van der Waals surface area contributed by atoms with Crippen molar-refractivity contribution in [2.75, 3.05) is 32.9 Å². The van der Waals surface area contributed by atoms with Crippen LogP contribution < -0.4 is 5.32 Å². The van der Waals surface area contributed by atoms with Gasteiger partial charge in [0.1, 0.15) is 0 Å². The van der Waals surface area contributed by atoms with Gasteiger partial charge in [-0.15, -0.1) is 0 Å². The van der Waals surface area contributed by atoms with Crippen molar-refractivity contribution in [3.05, 3.63) is 0 Å². The van der Waals surface area contributed by atoms with Crippen molar-refractivity contribution >= 4 is 16.9 Å². The van der Waals surface area contributed by atoms with E-state index in [-0.39, 0.29) is 0 Å². The van der Waals surface area contributed by atoms with Gasteiger partial charge in [-0.3, -0.25) is 4.99 Å². The van der Waals surface area contributed by atoms with Crippen LogP contribution in [-0.4, -0.2) is 49.0 Å². The third kappa shape index (κ3) is 4.18. The maximum Gasteiger partial charge on any atom is 0.156 e. The van der Waals surface area contributed by atoms with E-state index >= 15 is 0 Å². The van der Waals surface area contributed by atoms with E-state index in [1.165, 1.54) is 18.6 Å². The first-order chi connectivity index (χ1) is 8.03. The first-order valence-corrected chi connectivity index (χ1v) is 7.59. The second-order valence-corrected chi connectivity index (χ2v) is 6.27. The highest BCUT2D eigenvalue weighted by Crippen LogP contribution is 2.34. The molecule has 3 nitrogen and oxygen atoms in total. The summed E-state index contributed by atoms with van der Waals surface area (Å²) in [4.78, 5) is 6.93. The summed E-state index contributed by atoms with van der Waals surface area (Å²) in [5.41, 5.74) is 0.447. The Balaban J connectivity index is 2.41. The summed E-state index contributed by atoms with van der Waals surface area (Å²) >= 11 is 1.89. The molecule has 0 aromatic rings. The highest BCUT2D eigenvalue weighted by atomic mass is 32.2. The highest BCUT2D eigenvalue weighted by Gasteiger charge is 2.30. The van der Waals surface area contributed by atoms with Crippen LogP contribution in [0.5, 0.6) is 0 Å². The van der Waals surface area contributed by atoms with Gasteiger partial charge >= 0.3 is 0 Å². The summed E-state index contributed by atoms with van der Waals surface area (Å²) in [5, 5.41) is 4.60. The minimum absolute atomic E-state index is 0.447. The normalized spacial score (nSPS) is 21.2. The van der Waals surface area contributed by atoms with E-state index in [2.05, 4.69) is 45.1 Å². The minimum Gasteiger partial charge on any atom is -0.363 e. The zero-order valence-corrected chi connectivity index (χ0v) is 12.7. The van der Waals surface area contributed by atoms with E-state index in [1.807, 2.05) is 11.8 Å². The molecule has 1 aliphatic rings. The number of nitrogens with one attached hydrogen (secondary N) is 1. The fraction of sp³-hybridized carbons (Fsp3) is 0.923. The lowest BCUT2D eigenvalue weighted by Gasteiger charge is -2.33.